The minimum absolute atomic E-state index is 0.0433. The SMILES string of the molecule is CCc1oc(C(=O)N(C)C(C)c2sc(C)nc2C)cc1C(=O)O. The van der Waals surface area contributed by atoms with Crippen LogP contribution in [0.2, 0.25) is 0 Å². The average Bonchev–Trinajstić information content (AvgIpc) is 3.08. The molecule has 0 aliphatic rings. The van der Waals surface area contributed by atoms with Gasteiger partial charge in [-0.3, -0.25) is 4.79 Å². The van der Waals surface area contributed by atoms with Crippen molar-refractivity contribution in [3.63, 3.8) is 0 Å². The van der Waals surface area contributed by atoms with Crippen LogP contribution in [0.3, 0.4) is 0 Å². The minimum atomic E-state index is -1.09. The fraction of sp³-hybridized carbons (Fsp3) is 0.438. The van der Waals surface area contributed by atoms with E-state index < -0.39 is 5.97 Å². The van der Waals surface area contributed by atoms with E-state index in [9.17, 15) is 9.59 Å². The van der Waals surface area contributed by atoms with Gasteiger partial charge in [0, 0.05) is 24.4 Å². The highest BCUT2D eigenvalue weighted by atomic mass is 32.1. The van der Waals surface area contributed by atoms with Gasteiger partial charge in [-0.2, -0.15) is 0 Å². The second kappa shape index (κ2) is 6.54. The summed E-state index contributed by atoms with van der Waals surface area (Å²) in [6.07, 6.45) is 0.418. The molecule has 7 heteroatoms. The zero-order valence-electron chi connectivity index (χ0n) is 13.8. The molecule has 1 N–H and O–H groups in total. The Kier molecular flexibility index (Phi) is 4.89. The van der Waals surface area contributed by atoms with Crippen LogP contribution in [0.1, 0.15) is 62.1 Å². The fourth-order valence-corrected chi connectivity index (χ4v) is 3.46. The number of aryl methyl sites for hydroxylation is 3. The Morgan fingerprint density at radius 3 is 2.52 bits per heavy atom. The lowest BCUT2D eigenvalue weighted by molar-refractivity contribution is 0.0689. The maximum atomic E-state index is 12.6. The molecule has 0 aliphatic heterocycles. The predicted octanol–water partition coefficient (Wildman–Crippen LogP) is 3.45. The number of furan rings is 1. The molecule has 2 aromatic heterocycles. The molecule has 1 amide bonds. The second-order valence-corrected chi connectivity index (χ2v) is 6.62. The molecule has 0 bridgehead atoms. The summed E-state index contributed by atoms with van der Waals surface area (Å²) in [4.78, 5) is 30.7. The van der Waals surface area contributed by atoms with Gasteiger partial charge in [-0.05, 0) is 20.8 Å². The highest BCUT2D eigenvalue weighted by Crippen LogP contribution is 2.29. The van der Waals surface area contributed by atoms with Crippen LogP contribution >= 0.6 is 11.3 Å². The first-order valence-electron chi connectivity index (χ1n) is 7.33. The van der Waals surface area contributed by atoms with Gasteiger partial charge in [0.25, 0.3) is 5.91 Å². The Hall–Kier alpha value is -2.15. The number of nitrogens with zero attached hydrogens (tertiary/aromatic N) is 2. The number of thiazole rings is 1. The number of hydrogen-bond acceptors (Lipinski definition) is 5. The van der Waals surface area contributed by atoms with Crippen LogP contribution in [0.15, 0.2) is 10.5 Å². The number of rotatable bonds is 5. The summed E-state index contributed by atoms with van der Waals surface area (Å²) in [5, 5.41) is 10.1. The molecular formula is C16H20N2O4S. The van der Waals surface area contributed by atoms with Crippen LogP contribution < -0.4 is 0 Å². The van der Waals surface area contributed by atoms with E-state index in [0.29, 0.717) is 12.2 Å². The molecule has 0 saturated heterocycles. The lowest BCUT2D eigenvalue weighted by atomic mass is 10.2. The first-order chi connectivity index (χ1) is 10.8. The monoisotopic (exact) mass is 336 g/mol. The van der Waals surface area contributed by atoms with E-state index >= 15 is 0 Å². The zero-order valence-corrected chi connectivity index (χ0v) is 14.7. The molecule has 1 unspecified atom stereocenters. The molecule has 23 heavy (non-hydrogen) atoms. The van der Waals surface area contributed by atoms with E-state index in [1.807, 2.05) is 20.8 Å². The van der Waals surface area contributed by atoms with Crippen molar-refractivity contribution in [3.8, 4) is 0 Å². The van der Waals surface area contributed by atoms with Crippen LogP contribution in [-0.4, -0.2) is 33.9 Å². The highest BCUT2D eigenvalue weighted by molar-refractivity contribution is 7.11. The average molecular weight is 336 g/mol. The lowest BCUT2D eigenvalue weighted by Crippen LogP contribution is -2.29. The molecule has 1 atom stereocenters. The van der Waals surface area contributed by atoms with Gasteiger partial charge in [0.15, 0.2) is 5.76 Å². The van der Waals surface area contributed by atoms with E-state index in [2.05, 4.69) is 4.98 Å². The molecule has 2 aromatic rings. The topological polar surface area (TPSA) is 83.6 Å². The van der Waals surface area contributed by atoms with Gasteiger partial charge in [0.2, 0.25) is 0 Å². The number of carbonyl (C=O) groups is 2. The van der Waals surface area contributed by atoms with Crippen LogP contribution in [0.4, 0.5) is 0 Å². The number of carbonyl (C=O) groups excluding carboxylic acids is 1. The molecule has 0 saturated carbocycles. The van der Waals surface area contributed by atoms with E-state index in [4.69, 9.17) is 9.52 Å². The summed E-state index contributed by atoms with van der Waals surface area (Å²) in [6.45, 7) is 7.54. The maximum absolute atomic E-state index is 12.6. The number of carboxylic acid groups (broad SMARTS) is 1. The van der Waals surface area contributed by atoms with Gasteiger partial charge in [-0.15, -0.1) is 11.3 Å². The summed E-state index contributed by atoms with van der Waals surface area (Å²) >= 11 is 1.55. The maximum Gasteiger partial charge on any atom is 0.339 e. The Balaban J connectivity index is 2.29. The van der Waals surface area contributed by atoms with E-state index in [-0.39, 0.29) is 23.3 Å². The molecule has 6 nitrogen and oxygen atoms in total. The Bertz CT molecular complexity index is 747. The van der Waals surface area contributed by atoms with Crippen LogP contribution in [0.5, 0.6) is 0 Å². The molecule has 0 aliphatic carbocycles. The van der Waals surface area contributed by atoms with Crippen LogP contribution in [0, 0.1) is 13.8 Å². The lowest BCUT2D eigenvalue weighted by Gasteiger charge is -2.23. The Labute approximate surface area is 138 Å². The van der Waals surface area contributed by atoms with Crippen molar-refractivity contribution < 1.29 is 19.1 Å². The van der Waals surface area contributed by atoms with Gasteiger partial charge in [-0.25, -0.2) is 9.78 Å². The van der Waals surface area contributed by atoms with Crippen molar-refractivity contribution in [1.82, 2.24) is 9.88 Å². The summed E-state index contributed by atoms with van der Waals surface area (Å²) in [7, 11) is 1.68. The van der Waals surface area contributed by atoms with Crippen LogP contribution in [0.25, 0.3) is 0 Å². The number of aromatic carboxylic acids is 1. The molecule has 124 valence electrons. The summed E-state index contributed by atoms with van der Waals surface area (Å²) in [6, 6.07) is 1.13. The molecular weight excluding hydrogens is 316 g/mol. The summed E-state index contributed by atoms with van der Waals surface area (Å²) < 4.78 is 5.45. The number of carboxylic acids is 1. The number of aromatic nitrogens is 1. The third kappa shape index (κ3) is 3.29. The third-order valence-corrected chi connectivity index (χ3v) is 5.03. The first-order valence-corrected chi connectivity index (χ1v) is 8.15. The first kappa shape index (κ1) is 17.2. The van der Waals surface area contributed by atoms with Crippen molar-refractivity contribution in [3.05, 3.63) is 38.7 Å². The van der Waals surface area contributed by atoms with Gasteiger partial charge in [0.05, 0.1) is 16.7 Å². The van der Waals surface area contributed by atoms with Crippen molar-refractivity contribution in [2.45, 2.75) is 40.2 Å². The molecule has 0 aromatic carbocycles. The van der Waals surface area contributed by atoms with Crippen molar-refractivity contribution >= 4 is 23.2 Å². The van der Waals surface area contributed by atoms with E-state index in [1.165, 1.54) is 6.07 Å². The Morgan fingerprint density at radius 1 is 1.43 bits per heavy atom. The normalized spacial score (nSPS) is 12.2. The summed E-state index contributed by atoms with van der Waals surface area (Å²) in [5.74, 6) is -1.07. The van der Waals surface area contributed by atoms with Crippen molar-refractivity contribution in [1.29, 1.82) is 0 Å². The quantitative estimate of drug-likeness (QED) is 0.904. The van der Waals surface area contributed by atoms with Crippen LogP contribution in [-0.2, 0) is 6.42 Å². The second-order valence-electron chi connectivity index (χ2n) is 5.38. The molecule has 0 fully saturated rings. The van der Waals surface area contributed by atoms with E-state index in [0.717, 1.165) is 15.6 Å². The predicted molar refractivity (Wildman–Crippen MR) is 87.1 cm³/mol. The summed E-state index contributed by atoms with van der Waals surface area (Å²) in [5.41, 5.74) is 0.946. The molecule has 0 spiro atoms. The van der Waals surface area contributed by atoms with Gasteiger partial charge in [-0.1, -0.05) is 6.92 Å². The molecule has 0 radical (unpaired) electrons. The standard InChI is InChI=1S/C16H20N2O4S/c1-6-12-11(16(20)21)7-13(22-12)15(19)18(5)9(3)14-8(2)17-10(4)23-14/h7,9H,6H2,1-5H3,(H,20,21). The van der Waals surface area contributed by atoms with E-state index in [1.54, 1.807) is 30.2 Å². The van der Waals surface area contributed by atoms with Crippen molar-refractivity contribution in [2.75, 3.05) is 7.05 Å². The third-order valence-electron chi connectivity index (χ3n) is 3.79. The van der Waals surface area contributed by atoms with Gasteiger partial charge in [0.1, 0.15) is 11.3 Å². The fourth-order valence-electron chi connectivity index (χ4n) is 2.44. The van der Waals surface area contributed by atoms with Crippen molar-refractivity contribution in [2.24, 2.45) is 0 Å². The zero-order chi connectivity index (χ0) is 17.3. The number of hydrogen-bond donors (Lipinski definition) is 1. The number of amides is 1. The smallest absolute Gasteiger partial charge is 0.339 e. The van der Waals surface area contributed by atoms with Gasteiger partial charge < -0.3 is 14.4 Å². The largest absolute Gasteiger partial charge is 0.478 e. The molecule has 2 rings (SSSR count). The molecule has 2 heterocycles. The van der Waals surface area contributed by atoms with Gasteiger partial charge >= 0.3 is 5.97 Å². The Morgan fingerprint density at radius 2 is 2.09 bits per heavy atom. The minimum Gasteiger partial charge on any atom is -0.478 e. The highest BCUT2D eigenvalue weighted by Gasteiger charge is 2.27.